The van der Waals surface area contributed by atoms with Crippen LogP contribution in [0.15, 0.2) is 0 Å². The molecule has 1 fully saturated rings. The molecule has 1 rings (SSSR count). The summed E-state index contributed by atoms with van der Waals surface area (Å²) in [7, 11) is 0. The summed E-state index contributed by atoms with van der Waals surface area (Å²) in [4.78, 5) is 0. The van der Waals surface area contributed by atoms with Crippen LogP contribution in [-0.2, 0) is 4.74 Å². The molecule has 4 atom stereocenters. The molecule has 0 spiro atoms. The first kappa shape index (κ1) is 11.9. The summed E-state index contributed by atoms with van der Waals surface area (Å²) >= 11 is 0. The van der Waals surface area contributed by atoms with E-state index < -0.39 is 24.6 Å². The average molecular weight is 205 g/mol. The summed E-state index contributed by atoms with van der Waals surface area (Å²) in [5.41, 5.74) is 0. The zero-order valence-electron chi connectivity index (χ0n) is 8.55. The van der Waals surface area contributed by atoms with Crippen molar-refractivity contribution in [1.82, 2.24) is 5.32 Å². The molecule has 0 unspecified atom stereocenters. The lowest BCUT2D eigenvalue weighted by atomic mass is 10.1. The second-order valence-electron chi connectivity index (χ2n) is 4.10. The zero-order chi connectivity index (χ0) is 10.7. The Hall–Kier alpha value is -0.200. The van der Waals surface area contributed by atoms with Crippen molar-refractivity contribution in [2.45, 2.75) is 38.4 Å². The molecule has 1 heterocycles. The highest BCUT2D eigenvalue weighted by Gasteiger charge is 2.41. The fourth-order valence-electron chi connectivity index (χ4n) is 1.41. The van der Waals surface area contributed by atoms with Crippen molar-refractivity contribution >= 4 is 0 Å². The van der Waals surface area contributed by atoms with Gasteiger partial charge in [-0.25, -0.2) is 0 Å². The minimum atomic E-state index is -1.27. The molecular weight excluding hydrogens is 186 g/mol. The molecule has 5 nitrogen and oxygen atoms in total. The van der Waals surface area contributed by atoms with Crippen molar-refractivity contribution < 1.29 is 20.1 Å². The summed E-state index contributed by atoms with van der Waals surface area (Å²) < 4.78 is 4.96. The third kappa shape index (κ3) is 2.90. The van der Waals surface area contributed by atoms with Gasteiger partial charge in [0.2, 0.25) is 0 Å². The van der Waals surface area contributed by atoms with E-state index in [-0.39, 0.29) is 0 Å². The highest BCUT2D eigenvalue weighted by atomic mass is 16.6. The number of rotatable bonds is 4. The Bertz CT molecular complexity index is 176. The molecule has 0 aliphatic carbocycles. The van der Waals surface area contributed by atoms with E-state index in [1.165, 1.54) is 0 Å². The quantitative estimate of drug-likeness (QED) is 0.457. The maximum absolute atomic E-state index is 9.42. The molecule has 5 heteroatoms. The van der Waals surface area contributed by atoms with Crippen molar-refractivity contribution in [2.75, 3.05) is 13.1 Å². The molecule has 0 aromatic heterocycles. The van der Waals surface area contributed by atoms with E-state index in [9.17, 15) is 10.2 Å². The molecule has 0 aromatic carbocycles. The summed E-state index contributed by atoms with van der Waals surface area (Å²) in [6.45, 7) is 5.40. The molecular formula is C9H19NO4. The normalized spacial score (nSPS) is 38.1. The van der Waals surface area contributed by atoms with Gasteiger partial charge in [-0.2, -0.15) is 0 Å². The molecule has 0 bridgehead atoms. The Balaban J connectivity index is 2.25. The number of ether oxygens (including phenoxy) is 1. The second-order valence-corrected chi connectivity index (χ2v) is 4.10. The third-order valence-corrected chi connectivity index (χ3v) is 2.24. The fraction of sp³-hybridized carbons (Fsp3) is 1.00. The third-order valence-electron chi connectivity index (χ3n) is 2.24. The molecule has 0 aromatic rings. The van der Waals surface area contributed by atoms with Crippen LogP contribution in [0.1, 0.15) is 13.8 Å². The van der Waals surface area contributed by atoms with Crippen molar-refractivity contribution in [3.05, 3.63) is 0 Å². The summed E-state index contributed by atoms with van der Waals surface area (Å²) in [5, 5.41) is 30.8. The lowest BCUT2D eigenvalue weighted by molar-refractivity contribution is -0.126. The van der Waals surface area contributed by atoms with E-state index in [0.717, 1.165) is 6.54 Å². The number of aliphatic hydroxyl groups is 3. The van der Waals surface area contributed by atoms with Crippen LogP contribution in [0.25, 0.3) is 0 Å². The maximum Gasteiger partial charge on any atom is 0.184 e. The molecule has 14 heavy (non-hydrogen) atoms. The van der Waals surface area contributed by atoms with Crippen molar-refractivity contribution in [3.63, 3.8) is 0 Å². The first-order valence-corrected chi connectivity index (χ1v) is 4.92. The van der Waals surface area contributed by atoms with Crippen LogP contribution >= 0.6 is 0 Å². The summed E-state index contributed by atoms with van der Waals surface area (Å²) in [6, 6.07) is 0. The van der Waals surface area contributed by atoms with Gasteiger partial charge in [0.15, 0.2) is 6.29 Å². The molecule has 4 N–H and O–H groups in total. The monoisotopic (exact) mass is 205 g/mol. The topological polar surface area (TPSA) is 82.0 Å². The molecule has 1 saturated heterocycles. The predicted octanol–water partition coefficient (Wildman–Crippen LogP) is -1.33. The number of aliphatic hydroxyl groups excluding tert-OH is 3. The maximum atomic E-state index is 9.42. The van der Waals surface area contributed by atoms with E-state index >= 15 is 0 Å². The minimum absolute atomic E-state index is 0.438. The van der Waals surface area contributed by atoms with Gasteiger partial charge in [-0.05, 0) is 12.5 Å². The number of nitrogens with one attached hydrogen (secondary N) is 1. The van der Waals surface area contributed by atoms with Crippen molar-refractivity contribution in [2.24, 2.45) is 5.92 Å². The van der Waals surface area contributed by atoms with Crippen molar-refractivity contribution in [1.29, 1.82) is 0 Å². The van der Waals surface area contributed by atoms with Crippen LogP contribution < -0.4 is 5.32 Å². The van der Waals surface area contributed by atoms with Gasteiger partial charge in [0.25, 0.3) is 0 Å². The first-order chi connectivity index (χ1) is 6.52. The Morgan fingerprint density at radius 3 is 2.29 bits per heavy atom. The van der Waals surface area contributed by atoms with Gasteiger partial charge in [-0.3, -0.25) is 0 Å². The number of hydrogen-bond acceptors (Lipinski definition) is 5. The number of hydrogen-bond donors (Lipinski definition) is 4. The van der Waals surface area contributed by atoms with Gasteiger partial charge in [0.1, 0.15) is 18.3 Å². The van der Waals surface area contributed by atoms with Gasteiger partial charge in [0.05, 0.1) is 0 Å². The largest absolute Gasteiger partial charge is 0.387 e. The van der Waals surface area contributed by atoms with Gasteiger partial charge >= 0.3 is 0 Å². The van der Waals surface area contributed by atoms with Crippen LogP contribution in [0.5, 0.6) is 0 Å². The Morgan fingerprint density at radius 2 is 1.86 bits per heavy atom. The Labute approximate surface area is 83.7 Å². The average Bonchev–Trinajstić information content (AvgIpc) is 2.33. The SMILES string of the molecule is CC(C)CNC[C@@H]1O[C@@H](O)[C@H](O)[C@@H]1O. The predicted molar refractivity (Wildman–Crippen MR) is 50.6 cm³/mol. The van der Waals surface area contributed by atoms with Gasteiger partial charge in [0, 0.05) is 6.54 Å². The van der Waals surface area contributed by atoms with Crippen LogP contribution in [0.4, 0.5) is 0 Å². The Kier molecular flexibility index (Phi) is 4.28. The summed E-state index contributed by atoms with van der Waals surface area (Å²) in [6.07, 6.45) is -4.00. The minimum Gasteiger partial charge on any atom is -0.387 e. The summed E-state index contributed by atoms with van der Waals surface area (Å²) in [5.74, 6) is 0.517. The Morgan fingerprint density at radius 1 is 1.21 bits per heavy atom. The highest BCUT2D eigenvalue weighted by Crippen LogP contribution is 2.18. The molecule has 1 aliphatic heterocycles. The van der Waals surface area contributed by atoms with Crippen LogP contribution in [0.2, 0.25) is 0 Å². The van der Waals surface area contributed by atoms with E-state index in [4.69, 9.17) is 9.84 Å². The standard InChI is InChI=1S/C9H19NO4/c1-5(2)3-10-4-6-7(11)8(12)9(13)14-6/h5-13H,3-4H2,1-2H3/t6-,7+,8+,9+/m0/s1. The van der Waals surface area contributed by atoms with Crippen LogP contribution in [-0.4, -0.2) is 53.0 Å². The smallest absolute Gasteiger partial charge is 0.184 e. The lowest BCUT2D eigenvalue weighted by Crippen LogP contribution is -2.38. The van der Waals surface area contributed by atoms with E-state index in [0.29, 0.717) is 12.5 Å². The zero-order valence-corrected chi connectivity index (χ0v) is 8.55. The van der Waals surface area contributed by atoms with E-state index in [1.807, 2.05) is 0 Å². The van der Waals surface area contributed by atoms with Crippen LogP contribution in [0.3, 0.4) is 0 Å². The van der Waals surface area contributed by atoms with Gasteiger partial charge in [-0.1, -0.05) is 13.8 Å². The molecule has 0 amide bonds. The fourth-order valence-corrected chi connectivity index (χ4v) is 1.41. The van der Waals surface area contributed by atoms with E-state index in [1.54, 1.807) is 0 Å². The molecule has 0 radical (unpaired) electrons. The van der Waals surface area contributed by atoms with Crippen LogP contribution in [0, 0.1) is 5.92 Å². The molecule has 84 valence electrons. The van der Waals surface area contributed by atoms with Gasteiger partial charge in [-0.15, -0.1) is 0 Å². The lowest BCUT2D eigenvalue weighted by Gasteiger charge is -2.15. The molecule has 1 aliphatic rings. The highest BCUT2D eigenvalue weighted by molar-refractivity contribution is 4.86. The first-order valence-electron chi connectivity index (χ1n) is 4.92. The molecule has 0 saturated carbocycles. The van der Waals surface area contributed by atoms with Crippen molar-refractivity contribution in [3.8, 4) is 0 Å². The van der Waals surface area contributed by atoms with E-state index in [2.05, 4.69) is 19.2 Å². The second kappa shape index (κ2) is 5.04. The van der Waals surface area contributed by atoms with Gasteiger partial charge < -0.3 is 25.4 Å².